The summed E-state index contributed by atoms with van der Waals surface area (Å²) in [5.41, 5.74) is 0.883. The molecule has 1 unspecified atom stereocenters. The summed E-state index contributed by atoms with van der Waals surface area (Å²) in [6, 6.07) is 5.99. The molecule has 4 heteroatoms. The minimum absolute atomic E-state index is 0.127. The van der Waals surface area contributed by atoms with E-state index in [2.05, 4.69) is 10.1 Å². The normalized spacial score (nSPS) is 12.2. The minimum atomic E-state index is -0.282. The Hall–Kier alpha value is -1.42. The molecule has 0 saturated heterocycles. The molecule has 1 rings (SSSR count). The van der Waals surface area contributed by atoms with Crippen LogP contribution in [-0.4, -0.2) is 19.6 Å². The maximum Gasteiger partial charge on any atom is 0.307 e. The molecule has 0 aromatic heterocycles. The van der Waals surface area contributed by atoms with Crippen LogP contribution in [0.2, 0.25) is 0 Å². The number of hydrogen-bond acceptors (Lipinski definition) is 3. The molecule has 3 nitrogen and oxygen atoms in total. The average molecular weight is 225 g/mol. The number of methoxy groups -OCH3 is 1. The first-order valence-electron chi connectivity index (χ1n) is 5.23. The van der Waals surface area contributed by atoms with Gasteiger partial charge in [0.15, 0.2) is 0 Å². The lowest BCUT2D eigenvalue weighted by Crippen LogP contribution is -2.24. The number of esters is 1. The molecule has 0 bridgehead atoms. The zero-order valence-electron chi connectivity index (χ0n) is 9.50. The molecule has 1 aromatic rings. The average Bonchev–Trinajstić information content (AvgIpc) is 2.29. The van der Waals surface area contributed by atoms with E-state index < -0.39 is 0 Å². The molecule has 0 saturated carbocycles. The van der Waals surface area contributed by atoms with Gasteiger partial charge in [0.1, 0.15) is 5.82 Å². The molecule has 0 aliphatic carbocycles. The maximum atomic E-state index is 12.8. The number of carbonyl (C=O) groups excluding carboxylic acids is 1. The summed E-state index contributed by atoms with van der Waals surface area (Å²) in [4.78, 5) is 11.2. The van der Waals surface area contributed by atoms with E-state index in [1.165, 1.54) is 19.2 Å². The molecule has 0 aliphatic heterocycles. The van der Waals surface area contributed by atoms with Crippen molar-refractivity contribution in [3.63, 3.8) is 0 Å². The number of hydrogen-bond donors (Lipinski definition) is 1. The Morgan fingerprint density at radius 3 is 2.56 bits per heavy atom. The van der Waals surface area contributed by atoms with Crippen molar-refractivity contribution in [3.05, 3.63) is 35.6 Å². The summed E-state index contributed by atoms with van der Waals surface area (Å²) in [6.07, 6.45) is 0.246. The predicted molar refractivity (Wildman–Crippen MR) is 59.5 cm³/mol. The van der Waals surface area contributed by atoms with Crippen molar-refractivity contribution >= 4 is 5.97 Å². The van der Waals surface area contributed by atoms with E-state index in [1.54, 1.807) is 12.1 Å². The van der Waals surface area contributed by atoms with Gasteiger partial charge >= 0.3 is 5.97 Å². The molecule has 16 heavy (non-hydrogen) atoms. The molecule has 0 amide bonds. The number of halogens is 1. The molecule has 0 aliphatic rings. The topological polar surface area (TPSA) is 38.3 Å². The minimum Gasteiger partial charge on any atom is -0.469 e. The Morgan fingerprint density at radius 1 is 1.44 bits per heavy atom. The summed E-state index contributed by atoms with van der Waals surface area (Å²) < 4.78 is 17.4. The lowest BCUT2D eigenvalue weighted by Gasteiger charge is -2.16. The van der Waals surface area contributed by atoms with Crippen LogP contribution in [-0.2, 0) is 9.53 Å². The molecule has 0 heterocycles. The zero-order valence-corrected chi connectivity index (χ0v) is 9.50. The first kappa shape index (κ1) is 12.6. The van der Waals surface area contributed by atoms with Crippen LogP contribution in [0.3, 0.4) is 0 Å². The molecule has 88 valence electrons. The molecule has 0 fully saturated rings. The lowest BCUT2D eigenvalue weighted by molar-refractivity contribution is -0.141. The molecule has 1 aromatic carbocycles. The van der Waals surface area contributed by atoms with E-state index in [1.807, 2.05) is 6.92 Å². The summed E-state index contributed by atoms with van der Waals surface area (Å²) in [5, 5.41) is 3.16. The highest BCUT2D eigenvalue weighted by atomic mass is 19.1. The van der Waals surface area contributed by atoms with Gasteiger partial charge in [0, 0.05) is 6.04 Å². The van der Waals surface area contributed by atoms with Crippen LogP contribution in [0.15, 0.2) is 24.3 Å². The van der Waals surface area contributed by atoms with E-state index >= 15 is 0 Å². The van der Waals surface area contributed by atoms with Gasteiger partial charge in [-0.25, -0.2) is 4.39 Å². The number of ether oxygens (including phenoxy) is 1. The second-order valence-corrected chi connectivity index (χ2v) is 3.44. The Morgan fingerprint density at radius 2 is 2.06 bits per heavy atom. The standard InChI is InChI=1S/C12H16FNO2/c1-3-14-11(8-12(15)16-2)9-4-6-10(13)7-5-9/h4-7,11,14H,3,8H2,1-2H3. The van der Waals surface area contributed by atoms with Crippen molar-refractivity contribution in [2.24, 2.45) is 0 Å². The predicted octanol–water partition coefficient (Wildman–Crippen LogP) is 2.04. The quantitative estimate of drug-likeness (QED) is 0.779. The third kappa shape index (κ3) is 3.62. The van der Waals surface area contributed by atoms with Crippen molar-refractivity contribution in [3.8, 4) is 0 Å². The Balaban J connectivity index is 2.76. The molecule has 1 N–H and O–H groups in total. The highest BCUT2D eigenvalue weighted by Gasteiger charge is 2.15. The van der Waals surface area contributed by atoms with E-state index in [4.69, 9.17) is 0 Å². The van der Waals surface area contributed by atoms with Crippen molar-refractivity contribution in [2.75, 3.05) is 13.7 Å². The fourth-order valence-electron chi connectivity index (χ4n) is 1.50. The van der Waals surface area contributed by atoms with Crippen LogP contribution in [0.1, 0.15) is 24.9 Å². The second-order valence-electron chi connectivity index (χ2n) is 3.44. The van der Waals surface area contributed by atoms with Gasteiger partial charge in [-0.15, -0.1) is 0 Å². The summed E-state index contributed by atoms with van der Waals surface area (Å²) in [7, 11) is 1.36. The van der Waals surface area contributed by atoms with E-state index in [9.17, 15) is 9.18 Å². The number of rotatable bonds is 5. The maximum absolute atomic E-state index is 12.8. The summed E-state index contributed by atoms with van der Waals surface area (Å²) in [5.74, 6) is -0.563. The number of carbonyl (C=O) groups is 1. The molecule has 0 radical (unpaired) electrons. The van der Waals surface area contributed by atoms with E-state index in [0.29, 0.717) is 0 Å². The smallest absolute Gasteiger partial charge is 0.307 e. The Kier molecular flexibility index (Phi) is 4.92. The Bertz CT molecular complexity index is 337. The van der Waals surface area contributed by atoms with Crippen LogP contribution in [0.5, 0.6) is 0 Å². The fraction of sp³-hybridized carbons (Fsp3) is 0.417. The highest BCUT2D eigenvalue weighted by Crippen LogP contribution is 2.17. The molecule has 0 spiro atoms. The van der Waals surface area contributed by atoms with Crippen LogP contribution >= 0.6 is 0 Å². The Labute approximate surface area is 94.6 Å². The SMILES string of the molecule is CCNC(CC(=O)OC)c1ccc(F)cc1. The van der Waals surface area contributed by atoms with Crippen molar-refractivity contribution in [1.82, 2.24) is 5.32 Å². The first-order chi connectivity index (χ1) is 7.67. The largest absolute Gasteiger partial charge is 0.469 e. The third-order valence-corrected chi connectivity index (χ3v) is 2.32. The first-order valence-corrected chi connectivity index (χ1v) is 5.23. The van der Waals surface area contributed by atoms with Crippen LogP contribution in [0, 0.1) is 5.82 Å². The van der Waals surface area contributed by atoms with Crippen LogP contribution in [0.4, 0.5) is 4.39 Å². The number of nitrogens with one attached hydrogen (secondary N) is 1. The summed E-state index contributed by atoms with van der Waals surface area (Å²) in [6.45, 7) is 2.69. The van der Waals surface area contributed by atoms with Gasteiger partial charge in [-0.05, 0) is 24.2 Å². The highest BCUT2D eigenvalue weighted by molar-refractivity contribution is 5.70. The molecule has 1 atom stereocenters. The summed E-state index contributed by atoms with van der Waals surface area (Å²) >= 11 is 0. The van der Waals surface area contributed by atoms with E-state index in [0.717, 1.165) is 12.1 Å². The van der Waals surface area contributed by atoms with Crippen LogP contribution in [0.25, 0.3) is 0 Å². The monoisotopic (exact) mass is 225 g/mol. The van der Waals surface area contributed by atoms with Gasteiger partial charge in [0.05, 0.1) is 13.5 Å². The van der Waals surface area contributed by atoms with Crippen molar-refractivity contribution in [2.45, 2.75) is 19.4 Å². The number of benzene rings is 1. The lowest BCUT2D eigenvalue weighted by atomic mass is 10.0. The van der Waals surface area contributed by atoms with Gasteiger partial charge < -0.3 is 10.1 Å². The van der Waals surface area contributed by atoms with Crippen LogP contribution < -0.4 is 5.32 Å². The van der Waals surface area contributed by atoms with Gasteiger partial charge in [0.25, 0.3) is 0 Å². The second kappa shape index (κ2) is 6.23. The zero-order chi connectivity index (χ0) is 12.0. The van der Waals surface area contributed by atoms with Gasteiger partial charge in [0.2, 0.25) is 0 Å². The van der Waals surface area contributed by atoms with E-state index in [-0.39, 0.29) is 24.2 Å². The van der Waals surface area contributed by atoms with Gasteiger partial charge in [-0.3, -0.25) is 4.79 Å². The molecular formula is C12H16FNO2. The fourth-order valence-corrected chi connectivity index (χ4v) is 1.50. The molecular weight excluding hydrogens is 209 g/mol. The van der Waals surface area contributed by atoms with Gasteiger partial charge in [-0.2, -0.15) is 0 Å². The van der Waals surface area contributed by atoms with Crippen molar-refractivity contribution in [1.29, 1.82) is 0 Å². The third-order valence-electron chi connectivity index (χ3n) is 2.32. The van der Waals surface area contributed by atoms with Crippen molar-refractivity contribution < 1.29 is 13.9 Å². The van der Waals surface area contributed by atoms with Gasteiger partial charge in [-0.1, -0.05) is 19.1 Å².